The van der Waals surface area contributed by atoms with E-state index in [-0.39, 0.29) is 0 Å². The molecule has 2 rings (SSSR count). The van der Waals surface area contributed by atoms with Gasteiger partial charge in [-0.3, -0.25) is 0 Å². The Labute approximate surface area is 42.7 Å². The molecule has 0 aromatic heterocycles. The summed E-state index contributed by atoms with van der Waals surface area (Å²) < 4.78 is 0. The fourth-order valence-corrected chi connectivity index (χ4v) is 1.61. The summed E-state index contributed by atoms with van der Waals surface area (Å²) in [5.41, 5.74) is 0. The lowest BCUT2D eigenvalue weighted by Gasteiger charge is -2.04. The van der Waals surface area contributed by atoms with Crippen LogP contribution in [0.5, 0.6) is 0 Å². The van der Waals surface area contributed by atoms with Crippen LogP contribution >= 0.6 is 0 Å². The van der Waals surface area contributed by atoms with Crippen LogP contribution in [0.3, 0.4) is 0 Å². The zero-order valence-corrected chi connectivity index (χ0v) is 4.13. The standard InChI is InChI=1S/C6H8O/c7-3-6-4-1-2-5(4)6/h3-6H,1-2H2. The lowest BCUT2D eigenvalue weighted by Crippen LogP contribution is -1.93. The first-order chi connectivity index (χ1) is 3.43. The van der Waals surface area contributed by atoms with Crippen molar-refractivity contribution in [3.05, 3.63) is 0 Å². The van der Waals surface area contributed by atoms with Crippen molar-refractivity contribution >= 4 is 6.29 Å². The molecule has 0 bridgehead atoms. The Hall–Kier alpha value is -0.330. The smallest absolute Gasteiger partial charge is 0.123 e. The number of carbonyl (C=O) groups excluding carboxylic acids is 1. The highest BCUT2D eigenvalue weighted by Crippen LogP contribution is 2.59. The van der Waals surface area contributed by atoms with Crippen molar-refractivity contribution in [1.29, 1.82) is 0 Å². The Bertz CT molecular complexity index is 98.7. The maximum Gasteiger partial charge on any atom is 0.123 e. The first-order valence-corrected chi connectivity index (χ1v) is 2.89. The third-order valence-electron chi connectivity index (χ3n) is 2.39. The van der Waals surface area contributed by atoms with Gasteiger partial charge in [-0.15, -0.1) is 0 Å². The molecule has 2 saturated carbocycles. The van der Waals surface area contributed by atoms with Crippen LogP contribution in [-0.4, -0.2) is 6.29 Å². The third-order valence-corrected chi connectivity index (χ3v) is 2.39. The van der Waals surface area contributed by atoms with Gasteiger partial charge in [-0.1, -0.05) is 0 Å². The molecule has 0 saturated heterocycles. The van der Waals surface area contributed by atoms with Crippen LogP contribution in [0.1, 0.15) is 12.8 Å². The summed E-state index contributed by atoms with van der Waals surface area (Å²) in [5.74, 6) is 2.19. The van der Waals surface area contributed by atoms with E-state index in [1.807, 2.05) is 0 Å². The number of aldehydes is 1. The topological polar surface area (TPSA) is 17.1 Å². The second kappa shape index (κ2) is 0.908. The highest BCUT2D eigenvalue weighted by atomic mass is 16.1. The molecule has 0 radical (unpaired) electrons. The third kappa shape index (κ3) is 0.275. The van der Waals surface area contributed by atoms with Gasteiger partial charge >= 0.3 is 0 Å². The molecule has 2 atom stereocenters. The van der Waals surface area contributed by atoms with E-state index >= 15 is 0 Å². The molecule has 2 aliphatic rings. The lowest BCUT2D eigenvalue weighted by atomic mass is 10.0. The number of fused-ring (bicyclic) bond motifs is 1. The van der Waals surface area contributed by atoms with E-state index in [4.69, 9.17) is 0 Å². The molecule has 0 aliphatic heterocycles. The molecule has 1 nitrogen and oxygen atoms in total. The minimum atomic E-state index is 0.500. The van der Waals surface area contributed by atoms with Crippen molar-refractivity contribution in [2.45, 2.75) is 12.8 Å². The Morgan fingerprint density at radius 1 is 1.29 bits per heavy atom. The summed E-state index contributed by atoms with van der Waals surface area (Å²) in [6.45, 7) is 0. The second-order valence-electron chi connectivity index (χ2n) is 2.62. The largest absolute Gasteiger partial charge is 0.303 e. The number of carbonyl (C=O) groups is 1. The van der Waals surface area contributed by atoms with Gasteiger partial charge in [-0.05, 0) is 24.7 Å². The average molecular weight is 96.1 g/mol. The Morgan fingerprint density at radius 3 is 2.00 bits per heavy atom. The van der Waals surface area contributed by atoms with Crippen molar-refractivity contribution in [3.8, 4) is 0 Å². The minimum absolute atomic E-state index is 0.500. The summed E-state index contributed by atoms with van der Waals surface area (Å²) >= 11 is 0. The molecule has 0 aromatic rings. The van der Waals surface area contributed by atoms with E-state index in [2.05, 4.69) is 0 Å². The fraction of sp³-hybridized carbons (Fsp3) is 0.833. The highest BCUT2D eigenvalue weighted by molar-refractivity contribution is 5.60. The van der Waals surface area contributed by atoms with E-state index in [1.54, 1.807) is 0 Å². The predicted molar refractivity (Wildman–Crippen MR) is 25.8 cm³/mol. The Kier molecular flexibility index (Phi) is 0.473. The molecule has 0 heterocycles. The maximum absolute atomic E-state index is 10.0. The van der Waals surface area contributed by atoms with Crippen LogP contribution in [-0.2, 0) is 4.79 Å². The lowest BCUT2D eigenvalue weighted by molar-refractivity contribution is -0.109. The summed E-state index contributed by atoms with van der Waals surface area (Å²) in [4.78, 5) is 10.0. The van der Waals surface area contributed by atoms with Gasteiger partial charge in [-0.25, -0.2) is 0 Å². The molecule has 1 heteroatoms. The van der Waals surface area contributed by atoms with Gasteiger partial charge in [0.15, 0.2) is 0 Å². The van der Waals surface area contributed by atoms with Gasteiger partial charge in [0.1, 0.15) is 6.29 Å². The summed E-state index contributed by atoms with van der Waals surface area (Å²) in [7, 11) is 0. The van der Waals surface area contributed by atoms with Crippen molar-refractivity contribution in [3.63, 3.8) is 0 Å². The summed E-state index contributed by atoms with van der Waals surface area (Å²) in [6, 6.07) is 0. The minimum Gasteiger partial charge on any atom is -0.303 e. The van der Waals surface area contributed by atoms with E-state index in [0.717, 1.165) is 18.1 Å². The van der Waals surface area contributed by atoms with Gasteiger partial charge in [0.25, 0.3) is 0 Å². The average Bonchev–Trinajstić information content (AvgIpc) is 2.07. The van der Waals surface area contributed by atoms with Gasteiger partial charge in [-0.2, -0.15) is 0 Å². The van der Waals surface area contributed by atoms with Crippen molar-refractivity contribution in [2.75, 3.05) is 0 Å². The van der Waals surface area contributed by atoms with E-state index < -0.39 is 0 Å². The normalized spacial score (nSPS) is 54.6. The quantitative estimate of drug-likeness (QED) is 0.442. The molecule has 0 amide bonds. The van der Waals surface area contributed by atoms with Crippen molar-refractivity contribution in [2.24, 2.45) is 17.8 Å². The number of hydrogen-bond acceptors (Lipinski definition) is 1. The molecule has 2 fully saturated rings. The molecular weight excluding hydrogens is 88.1 g/mol. The second-order valence-corrected chi connectivity index (χ2v) is 2.62. The molecule has 2 unspecified atom stereocenters. The van der Waals surface area contributed by atoms with Gasteiger partial charge < -0.3 is 4.79 Å². The van der Waals surface area contributed by atoms with Gasteiger partial charge in [0, 0.05) is 5.92 Å². The van der Waals surface area contributed by atoms with Crippen LogP contribution in [0.15, 0.2) is 0 Å². The van der Waals surface area contributed by atoms with Gasteiger partial charge in [0.05, 0.1) is 0 Å². The van der Waals surface area contributed by atoms with Crippen molar-refractivity contribution < 1.29 is 4.79 Å². The molecule has 0 N–H and O–H groups in total. The number of hydrogen-bond donors (Lipinski definition) is 0. The van der Waals surface area contributed by atoms with Crippen LogP contribution < -0.4 is 0 Å². The molecule has 38 valence electrons. The molecule has 7 heavy (non-hydrogen) atoms. The molecule has 2 aliphatic carbocycles. The van der Waals surface area contributed by atoms with Crippen LogP contribution in [0.2, 0.25) is 0 Å². The van der Waals surface area contributed by atoms with Crippen LogP contribution in [0.25, 0.3) is 0 Å². The summed E-state index contributed by atoms with van der Waals surface area (Å²) in [6.07, 6.45) is 3.78. The SMILES string of the molecule is O=CC1C2CCC12. The Balaban J connectivity index is 2.06. The van der Waals surface area contributed by atoms with Gasteiger partial charge in [0.2, 0.25) is 0 Å². The molecule has 0 spiro atoms. The number of rotatable bonds is 1. The zero-order chi connectivity index (χ0) is 4.85. The van der Waals surface area contributed by atoms with Crippen LogP contribution in [0, 0.1) is 17.8 Å². The van der Waals surface area contributed by atoms with Crippen molar-refractivity contribution in [1.82, 2.24) is 0 Å². The monoisotopic (exact) mass is 96.1 g/mol. The Morgan fingerprint density at radius 2 is 1.86 bits per heavy atom. The predicted octanol–water partition coefficient (Wildman–Crippen LogP) is 0.841. The first kappa shape index (κ1) is 3.65. The summed E-state index contributed by atoms with van der Waals surface area (Å²) in [5, 5.41) is 0. The zero-order valence-electron chi connectivity index (χ0n) is 4.13. The van der Waals surface area contributed by atoms with E-state index in [9.17, 15) is 4.79 Å². The fourth-order valence-electron chi connectivity index (χ4n) is 1.61. The van der Waals surface area contributed by atoms with E-state index in [1.165, 1.54) is 12.8 Å². The van der Waals surface area contributed by atoms with Crippen LogP contribution in [0.4, 0.5) is 0 Å². The molecule has 0 aromatic carbocycles. The molecular formula is C6H8O. The first-order valence-electron chi connectivity index (χ1n) is 2.89. The highest BCUT2D eigenvalue weighted by Gasteiger charge is 2.56. The van der Waals surface area contributed by atoms with E-state index in [0.29, 0.717) is 5.92 Å². The maximum atomic E-state index is 10.0.